The van der Waals surface area contributed by atoms with Gasteiger partial charge in [-0.25, -0.2) is 4.98 Å². The molecule has 0 amide bonds. The van der Waals surface area contributed by atoms with Gasteiger partial charge >= 0.3 is 0 Å². The molecule has 1 unspecified atom stereocenters. The van der Waals surface area contributed by atoms with Gasteiger partial charge in [-0.3, -0.25) is 0 Å². The molecule has 0 radical (unpaired) electrons. The SMILES string of the molecule is CCCC1CCc2nc(CNC)[nH]c2C1. The lowest BCUT2D eigenvalue weighted by Gasteiger charge is -2.20. The minimum Gasteiger partial charge on any atom is -0.345 e. The van der Waals surface area contributed by atoms with E-state index in [9.17, 15) is 0 Å². The molecule has 3 nitrogen and oxygen atoms in total. The molecule has 1 aromatic rings. The number of rotatable bonds is 4. The number of fused-ring (bicyclic) bond motifs is 1. The third kappa shape index (κ3) is 2.40. The van der Waals surface area contributed by atoms with Crippen LogP contribution in [0, 0.1) is 5.92 Å². The van der Waals surface area contributed by atoms with E-state index in [1.165, 1.54) is 43.5 Å². The van der Waals surface area contributed by atoms with E-state index >= 15 is 0 Å². The topological polar surface area (TPSA) is 40.7 Å². The van der Waals surface area contributed by atoms with Crippen LogP contribution in [0.5, 0.6) is 0 Å². The fraction of sp³-hybridized carbons (Fsp3) is 0.750. The van der Waals surface area contributed by atoms with Crippen molar-refractivity contribution in [2.75, 3.05) is 7.05 Å². The van der Waals surface area contributed by atoms with E-state index in [0.29, 0.717) is 0 Å². The Morgan fingerprint density at radius 3 is 3.13 bits per heavy atom. The zero-order valence-corrected chi connectivity index (χ0v) is 9.77. The maximum atomic E-state index is 4.62. The average molecular weight is 207 g/mol. The second-order valence-corrected chi connectivity index (χ2v) is 4.54. The first kappa shape index (κ1) is 10.7. The van der Waals surface area contributed by atoms with Gasteiger partial charge in [-0.15, -0.1) is 0 Å². The lowest BCUT2D eigenvalue weighted by Crippen LogP contribution is -2.13. The summed E-state index contributed by atoms with van der Waals surface area (Å²) in [5.41, 5.74) is 2.71. The van der Waals surface area contributed by atoms with Crippen molar-refractivity contribution in [2.45, 2.75) is 45.6 Å². The molecule has 0 aliphatic heterocycles. The summed E-state index contributed by atoms with van der Waals surface area (Å²) in [5, 5.41) is 3.14. The molecule has 1 aromatic heterocycles. The fourth-order valence-electron chi connectivity index (χ4n) is 2.52. The van der Waals surface area contributed by atoms with Crippen LogP contribution in [-0.2, 0) is 19.4 Å². The summed E-state index contributed by atoms with van der Waals surface area (Å²) in [6.07, 6.45) is 6.36. The Morgan fingerprint density at radius 2 is 2.40 bits per heavy atom. The smallest absolute Gasteiger partial charge is 0.120 e. The van der Waals surface area contributed by atoms with Gasteiger partial charge in [-0.2, -0.15) is 0 Å². The van der Waals surface area contributed by atoms with Crippen molar-refractivity contribution in [3.8, 4) is 0 Å². The van der Waals surface area contributed by atoms with Crippen LogP contribution in [0.4, 0.5) is 0 Å². The van der Waals surface area contributed by atoms with Crippen molar-refractivity contribution >= 4 is 0 Å². The van der Waals surface area contributed by atoms with Gasteiger partial charge in [-0.1, -0.05) is 19.8 Å². The molecule has 1 heterocycles. The first-order valence-electron chi connectivity index (χ1n) is 6.04. The molecule has 0 saturated carbocycles. The zero-order chi connectivity index (χ0) is 10.7. The zero-order valence-electron chi connectivity index (χ0n) is 9.77. The third-order valence-electron chi connectivity index (χ3n) is 3.24. The fourth-order valence-corrected chi connectivity index (χ4v) is 2.52. The predicted octanol–water partition coefficient (Wildman–Crippen LogP) is 2.03. The highest BCUT2D eigenvalue weighted by Crippen LogP contribution is 2.26. The molecule has 0 spiro atoms. The summed E-state index contributed by atoms with van der Waals surface area (Å²) in [5.74, 6) is 1.98. The van der Waals surface area contributed by atoms with Gasteiger partial charge in [0.25, 0.3) is 0 Å². The molecule has 0 aromatic carbocycles. The Morgan fingerprint density at radius 1 is 1.53 bits per heavy atom. The van der Waals surface area contributed by atoms with Crippen molar-refractivity contribution < 1.29 is 0 Å². The number of H-pyrrole nitrogens is 1. The van der Waals surface area contributed by atoms with Crippen LogP contribution in [0.2, 0.25) is 0 Å². The minimum absolute atomic E-state index is 0.853. The van der Waals surface area contributed by atoms with E-state index in [4.69, 9.17) is 0 Å². The summed E-state index contributed by atoms with van der Waals surface area (Å²) in [6.45, 7) is 3.13. The van der Waals surface area contributed by atoms with E-state index in [1.54, 1.807) is 0 Å². The number of hydrogen-bond acceptors (Lipinski definition) is 2. The molecule has 2 rings (SSSR count). The summed E-state index contributed by atoms with van der Waals surface area (Å²) in [7, 11) is 1.96. The van der Waals surface area contributed by atoms with Crippen LogP contribution < -0.4 is 5.32 Å². The predicted molar refractivity (Wildman–Crippen MR) is 61.8 cm³/mol. The van der Waals surface area contributed by atoms with E-state index in [-0.39, 0.29) is 0 Å². The highest BCUT2D eigenvalue weighted by Gasteiger charge is 2.21. The van der Waals surface area contributed by atoms with Crippen molar-refractivity contribution in [1.82, 2.24) is 15.3 Å². The lowest BCUT2D eigenvalue weighted by atomic mass is 9.87. The molecule has 84 valence electrons. The van der Waals surface area contributed by atoms with Crippen LogP contribution >= 0.6 is 0 Å². The molecular weight excluding hydrogens is 186 g/mol. The third-order valence-corrected chi connectivity index (χ3v) is 3.24. The lowest BCUT2D eigenvalue weighted by molar-refractivity contribution is 0.416. The van der Waals surface area contributed by atoms with Gasteiger partial charge in [0.2, 0.25) is 0 Å². The Bertz CT molecular complexity index is 317. The molecule has 15 heavy (non-hydrogen) atoms. The van der Waals surface area contributed by atoms with Gasteiger partial charge in [0, 0.05) is 5.69 Å². The van der Waals surface area contributed by atoms with Crippen molar-refractivity contribution in [3.05, 3.63) is 17.2 Å². The standard InChI is InChI=1S/C12H21N3/c1-3-4-9-5-6-10-11(7-9)15-12(14-10)8-13-2/h9,13H,3-8H2,1-2H3,(H,14,15). The number of imidazole rings is 1. The van der Waals surface area contributed by atoms with Gasteiger partial charge in [-0.05, 0) is 32.2 Å². The molecule has 2 N–H and O–H groups in total. The van der Waals surface area contributed by atoms with Crippen LogP contribution in [0.25, 0.3) is 0 Å². The van der Waals surface area contributed by atoms with Crippen LogP contribution in [0.1, 0.15) is 43.4 Å². The van der Waals surface area contributed by atoms with Crippen LogP contribution in [-0.4, -0.2) is 17.0 Å². The van der Waals surface area contributed by atoms with Gasteiger partial charge in [0.05, 0.1) is 12.2 Å². The highest BCUT2D eigenvalue weighted by molar-refractivity contribution is 5.18. The van der Waals surface area contributed by atoms with Crippen molar-refractivity contribution in [3.63, 3.8) is 0 Å². The molecule has 3 heteroatoms. The molecule has 1 atom stereocenters. The normalized spacial score (nSPS) is 20.3. The van der Waals surface area contributed by atoms with Crippen molar-refractivity contribution in [2.24, 2.45) is 5.92 Å². The molecular formula is C12H21N3. The molecule has 0 fully saturated rings. The number of nitrogens with one attached hydrogen (secondary N) is 2. The number of nitrogens with zero attached hydrogens (tertiary/aromatic N) is 1. The van der Waals surface area contributed by atoms with E-state index in [2.05, 4.69) is 22.2 Å². The van der Waals surface area contributed by atoms with E-state index < -0.39 is 0 Å². The monoisotopic (exact) mass is 207 g/mol. The Kier molecular flexibility index (Phi) is 3.41. The summed E-state index contributed by atoms with van der Waals surface area (Å²) in [6, 6.07) is 0. The second-order valence-electron chi connectivity index (χ2n) is 4.54. The van der Waals surface area contributed by atoms with E-state index in [0.717, 1.165) is 18.3 Å². The Hall–Kier alpha value is -0.830. The largest absolute Gasteiger partial charge is 0.345 e. The van der Waals surface area contributed by atoms with E-state index in [1.807, 2.05) is 7.05 Å². The average Bonchev–Trinajstić information content (AvgIpc) is 2.60. The molecule has 0 saturated heterocycles. The quantitative estimate of drug-likeness (QED) is 0.793. The van der Waals surface area contributed by atoms with Crippen molar-refractivity contribution in [1.29, 1.82) is 0 Å². The Balaban J connectivity index is 2.05. The summed E-state index contributed by atoms with van der Waals surface area (Å²) in [4.78, 5) is 8.07. The highest BCUT2D eigenvalue weighted by atomic mass is 15.0. The number of aromatic nitrogens is 2. The number of aromatic amines is 1. The molecule has 1 aliphatic carbocycles. The molecule has 0 bridgehead atoms. The van der Waals surface area contributed by atoms with Crippen LogP contribution in [0.15, 0.2) is 0 Å². The number of aryl methyl sites for hydroxylation is 1. The first-order valence-corrected chi connectivity index (χ1v) is 6.04. The van der Waals surface area contributed by atoms with Gasteiger partial charge in [0.15, 0.2) is 0 Å². The maximum absolute atomic E-state index is 4.62. The molecule has 1 aliphatic rings. The number of hydrogen-bond donors (Lipinski definition) is 2. The summed E-state index contributed by atoms with van der Waals surface area (Å²) < 4.78 is 0. The summed E-state index contributed by atoms with van der Waals surface area (Å²) >= 11 is 0. The second kappa shape index (κ2) is 4.79. The van der Waals surface area contributed by atoms with Crippen LogP contribution in [0.3, 0.4) is 0 Å². The Labute approximate surface area is 91.7 Å². The van der Waals surface area contributed by atoms with Gasteiger partial charge < -0.3 is 10.3 Å². The van der Waals surface area contributed by atoms with Gasteiger partial charge in [0.1, 0.15) is 5.82 Å². The maximum Gasteiger partial charge on any atom is 0.120 e. The first-order chi connectivity index (χ1) is 7.33. The minimum atomic E-state index is 0.853.